The van der Waals surface area contributed by atoms with Crippen molar-refractivity contribution in [2.45, 2.75) is 5.16 Å². The van der Waals surface area contributed by atoms with Gasteiger partial charge < -0.3 is 4.74 Å². The monoisotopic (exact) mass is 315 g/mol. The van der Waals surface area contributed by atoms with E-state index in [0.717, 1.165) is 5.69 Å². The van der Waals surface area contributed by atoms with Gasteiger partial charge in [-0.2, -0.15) is 0 Å². The first-order valence-corrected chi connectivity index (χ1v) is 7.79. The Kier molecular flexibility index (Phi) is 4.70. The number of hydrogen-bond acceptors (Lipinski definition) is 4. The molecule has 22 heavy (non-hydrogen) atoms. The molecule has 0 saturated carbocycles. The maximum Gasteiger partial charge on any atom is 0.208 e. The van der Waals surface area contributed by atoms with E-state index >= 15 is 0 Å². The first kappa shape index (κ1) is 14.6. The SMILES string of the molecule is Fc1ccccc1OCCSc1ncn(-c2ccccc2)n1. The van der Waals surface area contributed by atoms with Gasteiger partial charge in [-0.3, -0.25) is 0 Å². The average Bonchev–Trinajstić information content (AvgIpc) is 3.03. The van der Waals surface area contributed by atoms with Gasteiger partial charge in [-0.15, -0.1) is 5.10 Å². The van der Waals surface area contributed by atoms with Crippen molar-refractivity contribution in [3.8, 4) is 11.4 Å². The molecule has 1 heterocycles. The third-order valence-corrected chi connectivity index (χ3v) is 3.72. The summed E-state index contributed by atoms with van der Waals surface area (Å²) >= 11 is 1.47. The van der Waals surface area contributed by atoms with Crippen molar-refractivity contribution < 1.29 is 9.13 Å². The largest absolute Gasteiger partial charge is 0.490 e. The Morgan fingerprint density at radius 3 is 2.64 bits per heavy atom. The van der Waals surface area contributed by atoms with Gasteiger partial charge >= 0.3 is 0 Å². The molecule has 112 valence electrons. The molecule has 3 rings (SSSR count). The predicted octanol–water partition coefficient (Wildman–Crippen LogP) is 3.58. The average molecular weight is 315 g/mol. The molecule has 2 aromatic carbocycles. The number of nitrogens with zero attached hydrogens (tertiary/aromatic N) is 3. The maximum absolute atomic E-state index is 13.4. The van der Waals surface area contributed by atoms with Crippen molar-refractivity contribution in [2.75, 3.05) is 12.4 Å². The summed E-state index contributed by atoms with van der Waals surface area (Å²) in [6.45, 7) is 0.394. The van der Waals surface area contributed by atoms with Crippen molar-refractivity contribution in [3.05, 3.63) is 66.7 Å². The molecule has 0 aliphatic carbocycles. The van der Waals surface area contributed by atoms with E-state index < -0.39 is 0 Å². The molecule has 0 aliphatic heterocycles. The van der Waals surface area contributed by atoms with Gasteiger partial charge in [0.15, 0.2) is 11.6 Å². The Morgan fingerprint density at radius 1 is 1.05 bits per heavy atom. The van der Waals surface area contributed by atoms with E-state index in [2.05, 4.69) is 10.1 Å². The lowest BCUT2D eigenvalue weighted by molar-refractivity contribution is 0.325. The molecule has 0 saturated heterocycles. The van der Waals surface area contributed by atoms with Crippen LogP contribution in [0.4, 0.5) is 4.39 Å². The molecule has 0 spiro atoms. The number of rotatable bonds is 6. The number of para-hydroxylation sites is 2. The Bertz CT molecular complexity index is 733. The van der Waals surface area contributed by atoms with Crippen LogP contribution in [0.3, 0.4) is 0 Å². The highest BCUT2D eigenvalue weighted by atomic mass is 32.2. The topological polar surface area (TPSA) is 39.9 Å². The van der Waals surface area contributed by atoms with E-state index in [9.17, 15) is 4.39 Å². The van der Waals surface area contributed by atoms with E-state index in [1.807, 2.05) is 30.3 Å². The van der Waals surface area contributed by atoms with Gasteiger partial charge in [-0.1, -0.05) is 42.1 Å². The third kappa shape index (κ3) is 3.65. The zero-order valence-corrected chi connectivity index (χ0v) is 12.5. The smallest absolute Gasteiger partial charge is 0.208 e. The van der Waals surface area contributed by atoms with Gasteiger partial charge in [-0.05, 0) is 24.3 Å². The highest BCUT2D eigenvalue weighted by Crippen LogP contribution is 2.17. The molecule has 6 heteroatoms. The van der Waals surface area contributed by atoms with Gasteiger partial charge in [0.25, 0.3) is 0 Å². The first-order valence-electron chi connectivity index (χ1n) is 6.80. The van der Waals surface area contributed by atoms with E-state index in [-0.39, 0.29) is 11.6 Å². The number of benzene rings is 2. The summed E-state index contributed by atoms with van der Waals surface area (Å²) in [4.78, 5) is 4.24. The highest BCUT2D eigenvalue weighted by molar-refractivity contribution is 7.99. The summed E-state index contributed by atoms with van der Waals surface area (Å²) in [6.07, 6.45) is 1.68. The second kappa shape index (κ2) is 7.09. The molecule has 0 fully saturated rings. The molecule has 0 N–H and O–H groups in total. The fourth-order valence-corrected chi connectivity index (χ4v) is 2.48. The van der Waals surface area contributed by atoms with Crippen LogP contribution in [-0.2, 0) is 0 Å². The third-order valence-electron chi connectivity index (χ3n) is 2.90. The highest BCUT2D eigenvalue weighted by Gasteiger charge is 2.05. The predicted molar refractivity (Wildman–Crippen MR) is 84.0 cm³/mol. The Hall–Kier alpha value is -2.34. The molecule has 0 bridgehead atoms. The summed E-state index contributed by atoms with van der Waals surface area (Å²) < 4.78 is 20.5. The number of thioether (sulfide) groups is 1. The minimum atomic E-state index is -0.348. The molecule has 1 aromatic heterocycles. The summed E-state index contributed by atoms with van der Waals surface area (Å²) in [5.41, 5.74) is 0.962. The van der Waals surface area contributed by atoms with Crippen LogP contribution >= 0.6 is 11.8 Å². The van der Waals surface area contributed by atoms with Crippen LogP contribution in [0.15, 0.2) is 66.1 Å². The van der Waals surface area contributed by atoms with Crippen molar-refractivity contribution in [1.29, 1.82) is 0 Å². The fraction of sp³-hybridized carbons (Fsp3) is 0.125. The van der Waals surface area contributed by atoms with Crippen LogP contribution in [0.2, 0.25) is 0 Å². The molecule has 0 amide bonds. The quantitative estimate of drug-likeness (QED) is 0.515. The second-order valence-electron chi connectivity index (χ2n) is 4.43. The number of aromatic nitrogens is 3. The molecule has 4 nitrogen and oxygen atoms in total. The van der Waals surface area contributed by atoms with Crippen LogP contribution in [0, 0.1) is 5.82 Å². The molecular formula is C16H14FN3OS. The van der Waals surface area contributed by atoms with E-state index in [4.69, 9.17) is 4.74 Å². The standard InChI is InChI=1S/C16H14FN3OS/c17-14-8-4-5-9-15(14)21-10-11-22-16-18-12-20(19-16)13-6-2-1-3-7-13/h1-9,12H,10-11H2. The minimum Gasteiger partial charge on any atom is -0.490 e. The summed E-state index contributed by atoms with van der Waals surface area (Å²) in [5, 5.41) is 5.05. The number of halogens is 1. The summed E-state index contributed by atoms with van der Waals surface area (Å²) in [7, 11) is 0. The van der Waals surface area contributed by atoms with Crippen LogP contribution < -0.4 is 4.74 Å². The fourth-order valence-electron chi connectivity index (χ4n) is 1.87. The molecular weight excluding hydrogens is 301 g/mol. The van der Waals surface area contributed by atoms with Gasteiger partial charge in [0.1, 0.15) is 6.33 Å². The normalized spacial score (nSPS) is 10.6. The molecule has 0 atom stereocenters. The van der Waals surface area contributed by atoms with E-state index in [0.29, 0.717) is 17.5 Å². The van der Waals surface area contributed by atoms with Crippen LogP contribution in [-0.4, -0.2) is 27.1 Å². The van der Waals surface area contributed by atoms with Gasteiger partial charge in [0.2, 0.25) is 5.16 Å². The van der Waals surface area contributed by atoms with Crippen molar-refractivity contribution in [2.24, 2.45) is 0 Å². The lowest BCUT2D eigenvalue weighted by Gasteiger charge is -2.05. The van der Waals surface area contributed by atoms with E-state index in [1.165, 1.54) is 17.8 Å². The summed E-state index contributed by atoms with van der Waals surface area (Å²) in [5.74, 6) is 0.567. The van der Waals surface area contributed by atoms with Crippen LogP contribution in [0.1, 0.15) is 0 Å². The Balaban J connectivity index is 1.51. The molecule has 0 unspecified atom stereocenters. The Morgan fingerprint density at radius 2 is 1.82 bits per heavy atom. The number of hydrogen-bond donors (Lipinski definition) is 0. The van der Waals surface area contributed by atoms with Gasteiger partial charge in [0.05, 0.1) is 12.3 Å². The first-order chi connectivity index (χ1) is 10.8. The van der Waals surface area contributed by atoms with Crippen molar-refractivity contribution in [1.82, 2.24) is 14.8 Å². The lowest BCUT2D eigenvalue weighted by Crippen LogP contribution is -2.02. The second-order valence-corrected chi connectivity index (χ2v) is 5.50. The van der Waals surface area contributed by atoms with Gasteiger partial charge in [-0.25, -0.2) is 14.1 Å². The van der Waals surface area contributed by atoms with Crippen LogP contribution in [0.25, 0.3) is 5.69 Å². The zero-order valence-electron chi connectivity index (χ0n) is 11.7. The molecule has 0 radical (unpaired) electrons. The summed E-state index contributed by atoms with van der Waals surface area (Å²) in [6, 6.07) is 16.2. The molecule has 3 aromatic rings. The van der Waals surface area contributed by atoms with Crippen molar-refractivity contribution in [3.63, 3.8) is 0 Å². The van der Waals surface area contributed by atoms with Crippen LogP contribution in [0.5, 0.6) is 5.75 Å². The maximum atomic E-state index is 13.4. The van der Waals surface area contributed by atoms with Crippen molar-refractivity contribution >= 4 is 11.8 Å². The lowest BCUT2D eigenvalue weighted by atomic mass is 10.3. The minimum absolute atomic E-state index is 0.269. The number of ether oxygens (including phenoxy) is 1. The zero-order chi connectivity index (χ0) is 15.2. The van der Waals surface area contributed by atoms with Gasteiger partial charge in [0, 0.05) is 5.75 Å². The molecule has 0 aliphatic rings. The van der Waals surface area contributed by atoms with E-state index in [1.54, 1.807) is 29.2 Å². The Labute approximate surface area is 132 Å².